The van der Waals surface area contributed by atoms with Gasteiger partial charge in [-0.3, -0.25) is 9.78 Å². The van der Waals surface area contributed by atoms with Gasteiger partial charge in [0.15, 0.2) is 0 Å². The molecule has 1 aromatic heterocycles. The molecule has 1 amide bonds. The number of anilines is 1. The molecular weight excluding hydrogens is 260 g/mol. The number of amides is 1. The molecule has 2 aromatic rings. The van der Waals surface area contributed by atoms with E-state index in [1.54, 1.807) is 17.2 Å². The minimum Gasteiger partial charge on any atom is -0.308 e. The second kappa shape index (κ2) is 5.85. The van der Waals surface area contributed by atoms with E-state index in [-0.39, 0.29) is 5.91 Å². The van der Waals surface area contributed by atoms with Crippen LogP contribution in [0.1, 0.15) is 22.8 Å². The van der Waals surface area contributed by atoms with E-state index in [4.69, 9.17) is 11.6 Å². The fraction of sp³-hybridized carbons (Fsp3) is 0.200. The Labute approximate surface area is 117 Å². The van der Waals surface area contributed by atoms with Gasteiger partial charge in [0.2, 0.25) is 0 Å². The first-order valence-electron chi connectivity index (χ1n) is 6.12. The van der Waals surface area contributed by atoms with E-state index in [2.05, 4.69) is 4.98 Å². The Morgan fingerprint density at radius 1 is 1.32 bits per heavy atom. The second-order valence-corrected chi connectivity index (χ2v) is 4.60. The Hall–Kier alpha value is -1.87. The third-order valence-electron chi connectivity index (χ3n) is 2.97. The van der Waals surface area contributed by atoms with Gasteiger partial charge in [0.25, 0.3) is 5.91 Å². The predicted molar refractivity (Wildman–Crippen MR) is 77.8 cm³/mol. The fourth-order valence-electron chi connectivity index (χ4n) is 1.97. The standard InChI is InChI=1S/C15H15ClN2O/c1-3-18(14-7-5-4-6-11(14)2)15(19)12-10-17-9-8-13(12)16/h4-10H,3H2,1-2H3. The Kier molecular flexibility index (Phi) is 4.17. The molecule has 0 bridgehead atoms. The lowest BCUT2D eigenvalue weighted by Crippen LogP contribution is -2.31. The highest BCUT2D eigenvalue weighted by molar-refractivity contribution is 6.34. The monoisotopic (exact) mass is 274 g/mol. The summed E-state index contributed by atoms with van der Waals surface area (Å²) >= 11 is 6.06. The number of halogens is 1. The molecule has 1 aromatic carbocycles. The smallest absolute Gasteiger partial charge is 0.261 e. The lowest BCUT2D eigenvalue weighted by atomic mass is 10.1. The highest BCUT2D eigenvalue weighted by Crippen LogP contribution is 2.23. The average molecular weight is 275 g/mol. The lowest BCUT2D eigenvalue weighted by Gasteiger charge is -2.23. The summed E-state index contributed by atoms with van der Waals surface area (Å²) in [6.45, 7) is 4.50. The van der Waals surface area contributed by atoms with Crippen molar-refractivity contribution < 1.29 is 4.79 Å². The molecule has 3 nitrogen and oxygen atoms in total. The summed E-state index contributed by atoms with van der Waals surface area (Å²) in [6.07, 6.45) is 3.08. The van der Waals surface area contributed by atoms with Crippen molar-refractivity contribution in [3.63, 3.8) is 0 Å². The van der Waals surface area contributed by atoms with Crippen LogP contribution in [0.2, 0.25) is 5.02 Å². The topological polar surface area (TPSA) is 33.2 Å². The van der Waals surface area contributed by atoms with Crippen LogP contribution in [0, 0.1) is 6.92 Å². The summed E-state index contributed by atoms with van der Waals surface area (Å²) in [5.41, 5.74) is 2.38. The largest absolute Gasteiger partial charge is 0.308 e. The molecule has 19 heavy (non-hydrogen) atoms. The lowest BCUT2D eigenvalue weighted by molar-refractivity contribution is 0.0988. The van der Waals surface area contributed by atoms with Gasteiger partial charge >= 0.3 is 0 Å². The van der Waals surface area contributed by atoms with Gasteiger partial charge in [0, 0.05) is 24.6 Å². The first kappa shape index (κ1) is 13.6. The quantitative estimate of drug-likeness (QED) is 0.855. The van der Waals surface area contributed by atoms with Gasteiger partial charge in [-0.1, -0.05) is 29.8 Å². The van der Waals surface area contributed by atoms with Crippen molar-refractivity contribution >= 4 is 23.2 Å². The molecule has 98 valence electrons. The number of pyridine rings is 1. The highest BCUT2D eigenvalue weighted by Gasteiger charge is 2.19. The van der Waals surface area contributed by atoms with Crippen LogP contribution in [0.4, 0.5) is 5.69 Å². The molecule has 0 aliphatic rings. The summed E-state index contributed by atoms with van der Waals surface area (Å²) in [7, 11) is 0. The molecular formula is C15H15ClN2O. The molecule has 0 saturated heterocycles. The van der Waals surface area contributed by atoms with E-state index in [9.17, 15) is 4.79 Å². The number of carbonyl (C=O) groups excluding carboxylic acids is 1. The molecule has 2 rings (SSSR count). The molecule has 0 saturated carbocycles. The van der Waals surface area contributed by atoms with Crippen LogP contribution in [-0.4, -0.2) is 17.4 Å². The SMILES string of the molecule is CCN(C(=O)c1cnccc1Cl)c1ccccc1C. The average Bonchev–Trinajstić information content (AvgIpc) is 2.42. The molecule has 1 heterocycles. The van der Waals surface area contributed by atoms with Gasteiger partial charge in [-0.15, -0.1) is 0 Å². The van der Waals surface area contributed by atoms with Gasteiger partial charge in [-0.2, -0.15) is 0 Å². The van der Waals surface area contributed by atoms with Gasteiger partial charge in [-0.25, -0.2) is 0 Å². The van der Waals surface area contributed by atoms with E-state index < -0.39 is 0 Å². The maximum Gasteiger partial charge on any atom is 0.261 e. The van der Waals surface area contributed by atoms with Crippen LogP contribution in [-0.2, 0) is 0 Å². The number of rotatable bonds is 3. The summed E-state index contributed by atoms with van der Waals surface area (Å²) < 4.78 is 0. The Morgan fingerprint density at radius 2 is 2.05 bits per heavy atom. The van der Waals surface area contributed by atoms with Crippen molar-refractivity contribution in [3.8, 4) is 0 Å². The van der Waals surface area contributed by atoms with Crippen LogP contribution in [0.3, 0.4) is 0 Å². The zero-order valence-electron chi connectivity index (χ0n) is 10.9. The first-order valence-corrected chi connectivity index (χ1v) is 6.50. The van der Waals surface area contributed by atoms with Gasteiger partial charge in [-0.05, 0) is 31.5 Å². The summed E-state index contributed by atoms with van der Waals surface area (Å²) in [6, 6.07) is 9.41. The minimum absolute atomic E-state index is 0.130. The molecule has 0 fully saturated rings. The van der Waals surface area contributed by atoms with Crippen LogP contribution >= 0.6 is 11.6 Å². The number of aromatic nitrogens is 1. The van der Waals surface area contributed by atoms with Crippen LogP contribution in [0.15, 0.2) is 42.7 Å². The van der Waals surface area contributed by atoms with Crippen molar-refractivity contribution in [1.82, 2.24) is 4.98 Å². The normalized spacial score (nSPS) is 10.3. The van der Waals surface area contributed by atoms with E-state index in [1.807, 2.05) is 38.1 Å². The highest BCUT2D eigenvalue weighted by atomic mass is 35.5. The maximum atomic E-state index is 12.6. The molecule has 0 atom stereocenters. The maximum absolute atomic E-state index is 12.6. The zero-order valence-corrected chi connectivity index (χ0v) is 11.7. The summed E-state index contributed by atoms with van der Waals surface area (Å²) in [5.74, 6) is -0.130. The van der Waals surface area contributed by atoms with Crippen molar-refractivity contribution in [2.24, 2.45) is 0 Å². The molecule has 0 N–H and O–H groups in total. The first-order chi connectivity index (χ1) is 9.15. The number of nitrogens with zero attached hydrogens (tertiary/aromatic N) is 2. The van der Waals surface area contributed by atoms with Crippen LogP contribution in [0.25, 0.3) is 0 Å². The van der Waals surface area contributed by atoms with E-state index in [0.717, 1.165) is 11.3 Å². The van der Waals surface area contributed by atoms with E-state index in [1.165, 1.54) is 6.20 Å². The third kappa shape index (κ3) is 2.76. The number of hydrogen-bond acceptors (Lipinski definition) is 2. The fourth-order valence-corrected chi connectivity index (χ4v) is 2.16. The van der Waals surface area contributed by atoms with Gasteiger partial charge < -0.3 is 4.90 Å². The molecule has 0 aliphatic heterocycles. The number of para-hydroxylation sites is 1. The zero-order chi connectivity index (χ0) is 13.8. The Bertz CT molecular complexity index is 598. The van der Waals surface area contributed by atoms with E-state index >= 15 is 0 Å². The third-order valence-corrected chi connectivity index (χ3v) is 3.30. The van der Waals surface area contributed by atoms with Crippen molar-refractivity contribution in [3.05, 3.63) is 58.9 Å². The van der Waals surface area contributed by atoms with Crippen molar-refractivity contribution in [2.75, 3.05) is 11.4 Å². The van der Waals surface area contributed by atoms with Crippen molar-refractivity contribution in [2.45, 2.75) is 13.8 Å². The molecule has 4 heteroatoms. The number of carbonyl (C=O) groups is 1. The summed E-state index contributed by atoms with van der Waals surface area (Å²) in [5, 5.41) is 0.423. The second-order valence-electron chi connectivity index (χ2n) is 4.19. The van der Waals surface area contributed by atoms with Gasteiger partial charge in [0.1, 0.15) is 0 Å². The van der Waals surface area contributed by atoms with Gasteiger partial charge in [0.05, 0.1) is 10.6 Å². The number of aryl methyl sites for hydroxylation is 1. The number of benzene rings is 1. The Morgan fingerprint density at radius 3 is 2.68 bits per heavy atom. The molecule has 0 spiro atoms. The molecule has 0 unspecified atom stereocenters. The van der Waals surface area contributed by atoms with Crippen LogP contribution in [0.5, 0.6) is 0 Å². The van der Waals surface area contributed by atoms with Crippen LogP contribution < -0.4 is 4.90 Å². The Balaban J connectivity index is 2.41. The molecule has 0 aliphatic carbocycles. The number of hydrogen-bond donors (Lipinski definition) is 0. The van der Waals surface area contributed by atoms with Crippen molar-refractivity contribution in [1.29, 1.82) is 0 Å². The van der Waals surface area contributed by atoms with E-state index in [0.29, 0.717) is 17.1 Å². The minimum atomic E-state index is -0.130. The molecule has 0 radical (unpaired) electrons. The predicted octanol–water partition coefficient (Wildman–Crippen LogP) is 3.71. The summed E-state index contributed by atoms with van der Waals surface area (Å²) in [4.78, 5) is 18.2.